The first-order valence-electron chi connectivity index (χ1n) is 8.08. The van der Waals surface area contributed by atoms with Crippen molar-refractivity contribution in [2.24, 2.45) is 0 Å². The summed E-state index contributed by atoms with van der Waals surface area (Å²) in [6, 6.07) is 24.1. The molecule has 4 rings (SSSR count). The third kappa shape index (κ3) is 3.24. The van der Waals surface area contributed by atoms with Gasteiger partial charge in [0.05, 0.1) is 6.04 Å². The van der Waals surface area contributed by atoms with Gasteiger partial charge in [0, 0.05) is 10.9 Å². The molecule has 0 aliphatic carbocycles. The first-order chi connectivity index (χ1) is 11.7. The molecule has 1 amide bonds. The predicted octanol–water partition coefficient (Wildman–Crippen LogP) is 5.23. The molecule has 0 fully saturated rings. The highest BCUT2D eigenvalue weighted by molar-refractivity contribution is 5.98. The van der Waals surface area contributed by atoms with Gasteiger partial charge in [0.15, 0.2) is 0 Å². The Labute approximate surface area is 152 Å². The van der Waals surface area contributed by atoms with Crippen molar-refractivity contribution in [1.82, 2.24) is 10.3 Å². The number of amides is 1. The number of aromatic nitrogens is 1. The Morgan fingerprint density at radius 1 is 0.920 bits per heavy atom. The topological polar surface area (TPSA) is 44.9 Å². The second kappa shape index (κ2) is 6.99. The van der Waals surface area contributed by atoms with Gasteiger partial charge in [-0.1, -0.05) is 60.7 Å². The Bertz CT molecular complexity index is 1000. The van der Waals surface area contributed by atoms with Crippen LogP contribution in [0.1, 0.15) is 29.0 Å². The number of halogens is 1. The molecule has 3 nitrogen and oxygen atoms in total. The van der Waals surface area contributed by atoms with Crippen LogP contribution in [0.15, 0.2) is 72.8 Å². The van der Waals surface area contributed by atoms with Crippen LogP contribution in [0, 0.1) is 0 Å². The van der Waals surface area contributed by atoms with E-state index in [1.165, 1.54) is 10.8 Å². The number of hydrogen-bond acceptors (Lipinski definition) is 1. The molecule has 3 aromatic carbocycles. The van der Waals surface area contributed by atoms with E-state index in [0.717, 1.165) is 16.5 Å². The number of nitrogens with one attached hydrogen (secondary N) is 2. The number of carbonyl (C=O) groups excluding carboxylic acids is 1. The van der Waals surface area contributed by atoms with Crippen molar-refractivity contribution in [3.05, 3.63) is 84.1 Å². The van der Waals surface area contributed by atoms with Gasteiger partial charge in [-0.3, -0.25) is 4.79 Å². The van der Waals surface area contributed by atoms with E-state index in [2.05, 4.69) is 34.6 Å². The molecule has 4 heteroatoms. The fourth-order valence-corrected chi connectivity index (χ4v) is 3.18. The van der Waals surface area contributed by atoms with Crippen molar-refractivity contribution in [2.75, 3.05) is 0 Å². The van der Waals surface area contributed by atoms with Gasteiger partial charge in [-0.15, -0.1) is 12.4 Å². The van der Waals surface area contributed by atoms with E-state index >= 15 is 0 Å². The van der Waals surface area contributed by atoms with Crippen molar-refractivity contribution < 1.29 is 4.79 Å². The van der Waals surface area contributed by atoms with Crippen molar-refractivity contribution in [3.8, 4) is 0 Å². The highest BCUT2D eigenvalue weighted by Crippen LogP contribution is 2.24. The molecule has 4 aromatic rings. The lowest BCUT2D eigenvalue weighted by Gasteiger charge is -2.16. The molecule has 1 aromatic heterocycles. The number of fused-ring (bicyclic) bond motifs is 2. The highest BCUT2D eigenvalue weighted by atomic mass is 35.5. The Morgan fingerprint density at radius 3 is 2.40 bits per heavy atom. The number of para-hydroxylation sites is 1. The van der Waals surface area contributed by atoms with Crippen molar-refractivity contribution in [3.63, 3.8) is 0 Å². The maximum atomic E-state index is 12.6. The summed E-state index contributed by atoms with van der Waals surface area (Å²) >= 11 is 0. The van der Waals surface area contributed by atoms with E-state index in [-0.39, 0.29) is 24.4 Å². The van der Waals surface area contributed by atoms with Crippen molar-refractivity contribution in [2.45, 2.75) is 13.0 Å². The van der Waals surface area contributed by atoms with Gasteiger partial charge in [-0.05, 0) is 35.4 Å². The number of benzene rings is 3. The molecule has 1 unspecified atom stereocenters. The van der Waals surface area contributed by atoms with Crippen LogP contribution < -0.4 is 5.32 Å². The molecule has 0 aliphatic heterocycles. The minimum absolute atomic E-state index is 0. The number of carbonyl (C=O) groups is 1. The second-order valence-electron chi connectivity index (χ2n) is 6.03. The van der Waals surface area contributed by atoms with Gasteiger partial charge in [0.1, 0.15) is 5.69 Å². The molecule has 1 atom stereocenters. The molecule has 0 saturated heterocycles. The molecule has 0 aliphatic rings. The molecule has 126 valence electrons. The van der Waals surface area contributed by atoms with Crippen LogP contribution in [0.4, 0.5) is 0 Å². The van der Waals surface area contributed by atoms with Crippen LogP contribution >= 0.6 is 12.4 Å². The summed E-state index contributed by atoms with van der Waals surface area (Å²) in [5, 5.41) is 6.49. The van der Waals surface area contributed by atoms with Crippen LogP contribution in [-0.2, 0) is 0 Å². The summed E-state index contributed by atoms with van der Waals surface area (Å²) in [4.78, 5) is 15.8. The first kappa shape index (κ1) is 17.1. The smallest absolute Gasteiger partial charge is 0.268 e. The first-order valence-corrected chi connectivity index (χ1v) is 8.08. The van der Waals surface area contributed by atoms with E-state index in [0.29, 0.717) is 5.69 Å². The number of aromatic amines is 1. The third-order valence-corrected chi connectivity index (χ3v) is 4.41. The van der Waals surface area contributed by atoms with Gasteiger partial charge >= 0.3 is 0 Å². The average molecular weight is 351 g/mol. The lowest BCUT2D eigenvalue weighted by Crippen LogP contribution is -2.27. The number of H-pyrrole nitrogens is 1. The van der Waals surface area contributed by atoms with E-state index in [1.54, 1.807) is 0 Å². The predicted molar refractivity (Wildman–Crippen MR) is 105 cm³/mol. The Balaban J connectivity index is 0.00000182. The largest absolute Gasteiger partial charge is 0.351 e. The van der Waals surface area contributed by atoms with Crippen LogP contribution in [0.3, 0.4) is 0 Å². The molecule has 25 heavy (non-hydrogen) atoms. The molecule has 0 radical (unpaired) electrons. The van der Waals surface area contributed by atoms with Crippen molar-refractivity contribution in [1.29, 1.82) is 0 Å². The summed E-state index contributed by atoms with van der Waals surface area (Å²) in [5.74, 6) is -0.0911. The van der Waals surface area contributed by atoms with Crippen LogP contribution in [0.5, 0.6) is 0 Å². The number of hydrogen-bond donors (Lipinski definition) is 2. The lowest BCUT2D eigenvalue weighted by molar-refractivity contribution is 0.0936. The summed E-state index contributed by atoms with van der Waals surface area (Å²) in [6.07, 6.45) is 0. The van der Waals surface area contributed by atoms with Gasteiger partial charge in [-0.2, -0.15) is 0 Å². The SMILES string of the molecule is CC(NC(=O)c1cc2ccccc2[nH]1)c1cccc2ccccc12.Cl. The van der Waals surface area contributed by atoms with E-state index in [9.17, 15) is 4.79 Å². The quantitative estimate of drug-likeness (QED) is 0.521. The fraction of sp³-hybridized carbons (Fsp3) is 0.0952. The Morgan fingerprint density at radius 2 is 1.60 bits per heavy atom. The van der Waals surface area contributed by atoms with Gasteiger partial charge < -0.3 is 10.3 Å². The molecule has 2 N–H and O–H groups in total. The molecule has 0 saturated carbocycles. The average Bonchev–Trinajstić information content (AvgIpc) is 3.05. The fourth-order valence-electron chi connectivity index (χ4n) is 3.18. The lowest BCUT2D eigenvalue weighted by atomic mass is 9.99. The number of rotatable bonds is 3. The monoisotopic (exact) mass is 350 g/mol. The van der Waals surface area contributed by atoms with E-state index < -0.39 is 0 Å². The maximum absolute atomic E-state index is 12.6. The molecule has 1 heterocycles. The van der Waals surface area contributed by atoms with Crippen LogP contribution in [0.2, 0.25) is 0 Å². The minimum Gasteiger partial charge on any atom is -0.351 e. The molecular weight excluding hydrogens is 332 g/mol. The summed E-state index contributed by atoms with van der Waals surface area (Å²) in [5.41, 5.74) is 2.68. The zero-order valence-corrected chi connectivity index (χ0v) is 14.6. The van der Waals surface area contributed by atoms with Crippen LogP contribution in [0.25, 0.3) is 21.7 Å². The molecule has 0 spiro atoms. The third-order valence-electron chi connectivity index (χ3n) is 4.41. The van der Waals surface area contributed by atoms with Crippen LogP contribution in [-0.4, -0.2) is 10.9 Å². The van der Waals surface area contributed by atoms with Gasteiger partial charge in [-0.25, -0.2) is 0 Å². The summed E-state index contributed by atoms with van der Waals surface area (Å²) in [7, 11) is 0. The van der Waals surface area contributed by atoms with E-state index in [1.807, 2.05) is 55.5 Å². The maximum Gasteiger partial charge on any atom is 0.268 e. The summed E-state index contributed by atoms with van der Waals surface area (Å²) < 4.78 is 0. The second-order valence-corrected chi connectivity index (χ2v) is 6.03. The Kier molecular flexibility index (Phi) is 4.77. The minimum atomic E-state index is -0.0911. The molecule has 0 bridgehead atoms. The zero-order chi connectivity index (χ0) is 16.5. The molecular formula is C21H19ClN2O. The van der Waals surface area contributed by atoms with Crippen molar-refractivity contribution >= 4 is 40.0 Å². The standard InChI is InChI=1S/C21H18N2O.ClH/c1-14(17-11-6-9-15-7-2-4-10-18(15)17)22-21(24)20-13-16-8-3-5-12-19(16)23-20;/h2-14,23H,1H3,(H,22,24);1H. The summed E-state index contributed by atoms with van der Waals surface area (Å²) in [6.45, 7) is 2.02. The normalized spacial score (nSPS) is 11.9. The Hall–Kier alpha value is -2.78. The zero-order valence-electron chi connectivity index (χ0n) is 13.8. The van der Waals surface area contributed by atoms with E-state index in [4.69, 9.17) is 0 Å². The van der Waals surface area contributed by atoms with Gasteiger partial charge in [0.2, 0.25) is 0 Å². The van der Waals surface area contributed by atoms with Gasteiger partial charge in [0.25, 0.3) is 5.91 Å². The highest BCUT2D eigenvalue weighted by Gasteiger charge is 2.15.